The Morgan fingerprint density at radius 3 is 2.52 bits per heavy atom. The summed E-state index contributed by atoms with van der Waals surface area (Å²) in [5.74, 6) is -1.30. The zero-order valence-corrected chi connectivity index (χ0v) is 16.3. The van der Waals surface area contributed by atoms with E-state index in [4.69, 9.17) is 0 Å². The third kappa shape index (κ3) is 9.33. The molecule has 1 aromatic rings. The monoisotopic (exact) mass is 401 g/mol. The van der Waals surface area contributed by atoms with E-state index in [0.29, 0.717) is 19.4 Å². The second kappa shape index (κ2) is 12.2. The number of quaternary nitrogens is 2. The Bertz CT molecular complexity index is 623. The van der Waals surface area contributed by atoms with Gasteiger partial charge < -0.3 is 20.1 Å². The standard InChI is InChI=1S/C16H25N5O5S/c1-19(26)6-2-3-7-20(15(23)9-18-25)12-16(24)21(11-14(17)22)10-13-5-4-8-27-13/h4-5,8,19H,2-3,6-7,9-12H2,1H3,(H2,17,22)/p+2. The van der Waals surface area contributed by atoms with E-state index in [0.717, 1.165) is 4.88 Å². The van der Waals surface area contributed by atoms with Crippen LogP contribution in [0.2, 0.25) is 0 Å². The average molecular weight is 401 g/mol. The molecule has 0 bridgehead atoms. The summed E-state index contributed by atoms with van der Waals surface area (Å²) in [7, 11) is 1.49. The van der Waals surface area contributed by atoms with Gasteiger partial charge in [0.1, 0.15) is 6.54 Å². The van der Waals surface area contributed by atoms with Crippen LogP contribution in [0, 0.1) is 10.1 Å². The molecule has 1 heterocycles. The molecule has 0 spiro atoms. The first kappa shape index (κ1) is 22.8. The summed E-state index contributed by atoms with van der Waals surface area (Å²) in [6, 6.07) is 3.70. The summed E-state index contributed by atoms with van der Waals surface area (Å²) in [5, 5.41) is 14.5. The molecule has 1 rings (SSSR count). The summed E-state index contributed by atoms with van der Waals surface area (Å²) in [6.07, 6.45) is 1.13. The van der Waals surface area contributed by atoms with Crippen molar-refractivity contribution in [1.82, 2.24) is 9.80 Å². The molecule has 1 aromatic heterocycles. The van der Waals surface area contributed by atoms with Gasteiger partial charge in [0.05, 0.1) is 26.7 Å². The Morgan fingerprint density at radius 2 is 1.96 bits per heavy atom. The molecule has 0 radical (unpaired) electrons. The first-order chi connectivity index (χ1) is 12.8. The highest BCUT2D eigenvalue weighted by molar-refractivity contribution is 7.09. The summed E-state index contributed by atoms with van der Waals surface area (Å²) in [6.45, 7) is 0.0895. The van der Waals surface area contributed by atoms with Crippen molar-refractivity contribution in [2.24, 2.45) is 0 Å². The van der Waals surface area contributed by atoms with E-state index in [-0.39, 0.29) is 31.2 Å². The fourth-order valence-corrected chi connectivity index (χ4v) is 3.16. The number of nitroso groups, excluding NO2 is 1. The molecule has 0 saturated carbocycles. The lowest BCUT2D eigenvalue weighted by atomic mass is 10.2. The smallest absolute Gasteiger partial charge is 0.328 e. The largest absolute Gasteiger partial charge is 0.634 e. The van der Waals surface area contributed by atoms with E-state index in [1.165, 1.54) is 28.2 Å². The predicted molar refractivity (Wildman–Crippen MR) is 97.8 cm³/mol. The Balaban J connectivity index is 2.74. The number of hydrogen-bond acceptors (Lipinski definition) is 6. The molecule has 0 aliphatic carbocycles. The lowest BCUT2D eigenvalue weighted by Crippen LogP contribution is -3.03. The van der Waals surface area contributed by atoms with Gasteiger partial charge in [-0.25, -0.2) is 4.79 Å². The highest BCUT2D eigenvalue weighted by atomic mass is 32.1. The van der Waals surface area contributed by atoms with Crippen molar-refractivity contribution in [2.45, 2.75) is 19.4 Å². The minimum atomic E-state index is -0.502. The number of hydrogen-bond donors (Lipinski definition) is 3. The van der Waals surface area contributed by atoms with Gasteiger partial charge in [-0.15, -0.1) is 11.3 Å². The van der Waals surface area contributed by atoms with Crippen molar-refractivity contribution in [3.8, 4) is 0 Å². The van der Waals surface area contributed by atoms with Crippen LogP contribution in [0.15, 0.2) is 17.5 Å². The van der Waals surface area contributed by atoms with Gasteiger partial charge in [-0.3, -0.25) is 15.3 Å². The van der Waals surface area contributed by atoms with Gasteiger partial charge in [0.15, 0.2) is 0 Å². The zero-order valence-electron chi connectivity index (χ0n) is 15.4. The van der Waals surface area contributed by atoms with Crippen LogP contribution in [0.1, 0.15) is 17.7 Å². The Morgan fingerprint density at radius 1 is 1.22 bits per heavy atom. The average Bonchev–Trinajstić information content (AvgIpc) is 3.09. The molecule has 0 fully saturated rings. The summed E-state index contributed by atoms with van der Waals surface area (Å²) < 4.78 is 0. The van der Waals surface area contributed by atoms with Crippen LogP contribution in [0.25, 0.3) is 0 Å². The number of unbranched alkanes of at least 4 members (excludes halogenated alkanes) is 1. The van der Waals surface area contributed by atoms with Gasteiger partial charge in [-0.1, -0.05) is 6.07 Å². The summed E-state index contributed by atoms with van der Waals surface area (Å²) in [5.41, 5.74) is 3.32. The lowest BCUT2D eigenvalue weighted by Gasteiger charge is -2.25. The lowest BCUT2D eigenvalue weighted by molar-refractivity contribution is -0.826. The fraction of sp³-hybridized carbons (Fsp3) is 0.562. The number of nitrogens with one attached hydrogen (secondary N) is 2. The molecule has 0 aliphatic heterocycles. The minimum absolute atomic E-state index is 0.0567. The van der Waals surface area contributed by atoms with Crippen molar-refractivity contribution < 1.29 is 30.4 Å². The second-order valence-corrected chi connectivity index (χ2v) is 7.20. The SMILES string of the molecule is C[NH+]([O-])CCCCN(CC(=O)N(CC([NH3+])=O)Cc1cccs1)C(=O)C[NH+]=O. The topological polar surface area (TPSA) is 144 Å². The number of nitrogens with zero attached hydrogens (tertiary/aromatic N) is 2. The maximum absolute atomic E-state index is 12.7. The zero-order chi connectivity index (χ0) is 20.2. The molecule has 150 valence electrons. The first-order valence-electron chi connectivity index (χ1n) is 8.60. The molecule has 5 N–H and O–H groups in total. The van der Waals surface area contributed by atoms with Gasteiger partial charge in [-0.05, 0) is 29.5 Å². The molecule has 1 unspecified atom stereocenters. The van der Waals surface area contributed by atoms with Crippen molar-refractivity contribution in [1.29, 1.82) is 0 Å². The Hall–Kier alpha value is -2.21. The number of hydroxylamine groups is 2. The predicted octanol–water partition coefficient (Wildman–Crippen LogP) is -3.69. The third-order valence-electron chi connectivity index (χ3n) is 3.76. The van der Waals surface area contributed by atoms with Crippen LogP contribution >= 0.6 is 11.3 Å². The van der Waals surface area contributed by atoms with Crippen molar-refractivity contribution >= 4 is 29.1 Å². The third-order valence-corrected chi connectivity index (χ3v) is 4.62. The van der Waals surface area contributed by atoms with Crippen molar-refractivity contribution in [3.63, 3.8) is 0 Å². The van der Waals surface area contributed by atoms with Crippen LogP contribution in [-0.4, -0.2) is 67.3 Å². The van der Waals surface area contributed by atoms with Crippen LogP contribution in [0.5, 0.6) is 0 Å². The first-order valence-corrected chi connectivity index (χ1v) is 9.48. The molecular weight excluding hydrogens is 374 g/mol. The van der Waals surface area contributed by atoms with E-state index < -0.39 is 24.3 Å². The molecular formula is C16H27N5O5S+2. The van der Waals surface area contributed by atoms with Crippen molar-refractivity contribution in [3.05, 3.63) is 32.5 Å². The number of rotatable bonds is 13. The number of carbonyl (C=O) groups excluding carboxylic acids is 3. The van der Waals surface area contributed by atoms with Crippen LogP contribution in [-0.2, 0) is 20.9 Å². The molecule has 0 aliphatic rings. The van der Waals surface area contributed by atoms with Gasteiger partial charge in [0.2, 0.25) is 5.91 Å². The van der Waals surface area contributed by atoms with Gasteiger partial charge in [-0.2, -0.15) is 0 Å². The minimum Gasteiger partial charge on any atom is -0.634 e. The van der Waals surface area contributed by atoms with E-state index in [1.54, 1.807) is 5.18 Å². The Kier molecular flexibility index (Phi) is 10.3. The Labute approximate surface area is 161 Å². The quantitative estimate of drug-likeness (QED) is 0.230. The van der Waals surface area contributed by atoms with Gasteiger partial charge in [0.25, 0.3) is 12.5 Å². The molecule has 1 atom stereocenters. The normalized spacial score (nSPS) is 11.7. The molecule has 0 aromatic carbocycles. The fourth-order valence-electron chi connectivity index (χ4n) is 2.44. The molecule has 0 saturated heterocycles. The van der Waals surface area contributed by atoms with E-state index in [2.05, 4.69) is 5.73 Å². The maximum Gasteiger partial charge on any atom is 0.328 e. The van der Waals surface area contributed by atoms with E-state index >= 15 is 0 Å². The number of amides is 3. The van der Waals surface area contributed by atoms with Gasteiger partial charge in [0, 0.05) is 16.3 Å². The highest BCUT2D eigenvalue weighted by Gasteiger charge is 2.24. The molecule has 3 amide bonds. The van der Waals surface area contributed by atoms with E-state index in [1.807, 2.05) is 17.5 Å². The second-order valence-electron chi connectivity index (χ2n) is 6.16. The highest BCUT2D eigenvalue weighted by Crippen LogP contribution is 2.12. The van der Waals surface area contributed by atoms with Crippen LogP contribution < -0.4 is 16.0 Å². The van der Waals surface area contributed by atoms with E-state index in [9.17, 15) is 24.5 Å². The van der Waals surface area contributed by atoms with Crippen LogP contribution in [0.3, 0.4) is 0 Å². The maximum atomic E-state index is 12.7. The van der Waals surface area contributed by atoms with Gasteiger partial charge >= 0.3 is 5.91 Å². The summed E-state index contributed by atoms with van der Waals surface area (Å²) >= 11 is 1.46. The van der Waals surface area contributed by atoms with Crippen LogP contribution in [0.4, 0.5) is 0 Å². The molecule has 27 heavy (non-hydrogen) atoms. The summed E-state index contributed by atoms with van der Waals surface area (Å²) in [4.78, 5) is 50.3. The number of carbonyl (C=O) groups is 3. The molecule has 11 heteroatoms. The van der Waals surface area contributed by atoms with Crippen molar-refractivity contribution in [2.75, 3.05) is 39.8 Å². The number of thiophene rings is 1. The molecule has 10 nitrogen and oxygen atoms in total.